The second-order valence-corrected chi connectivity index (χ2v) is 6.52. The maximum atomic E-state index is 6.03. The first-order chi connectivity index (χ1) is 7.57. The lowest BCUT2D eigenvalue weighted by atomic mass is 9.63. The van der Waals surface area contributed by atoms with Crippen LogP contribution in [0.4, 0.5) is 0 Å². The molecule has 94 valence electrons. The van der Waals surface area contributed by atoms with Crippen molar-refractivity contribution in [2.75, 3.05) is 20.1 Å². The van der Waals surface area contributed by atoms with Gasteiger partial charge in [-0.2, -0.15) is 0 Å². The maximum Gasteiger partial charge on any atom is 0.0334 e. The van der Waals surface area contributed by atoms with Crippen LogP contribution in [0.3, 0.4) is 0 Å². The van der Waals surface area contributed by atoms with E-state index in [0.717, 1.165) is 24.3 Å². The lowest BCUT2D eigenvalue weighted by molar-refractivity contribution is -0.0328. The van der Waals surface area contributed by atoms with Crippen molar-refractivity contribution in [3.8, 4) is 0 Å². The SMILES string of the molecule is CC(C)C1CC(CN)(N(C)CC2CCC2)C1. The third-order valence-electron chi connectivity index (χ3n) is 5.17. The van der Waals surface area contributed by atoms with Gasteiger partial charge >= 0.3 is 0 Å². The molecule has 0 aromatic rings. The van der Waals surface area contributed by atoms with Crippen LogP contribution in [0.1, 0.15) is 46.0 Å². The Bertz CT molecular complexity index is 227. The number of hydrogen-bond acceptors (Lipinski definition) is 2. The molecule has 0 unspecified atom stereocenters. The first-order valence-corrected chi connectivity index (χ1v) is 6.99. The van der Waals surface area contributed by atoms with Crippen molar-refractivity contribution in [2.24, 2.45) is 23.5 Å². The molecule has 2 saturated carbocycles. The lowest BCUT2D eigenvalue weighted by Crippen LogP contribution is -2.62. The fourth-order valence-electron chi connectivity index (χ4n) is 3.28. The fourth-order valence-corrected chi connectivity index (χ4v) is 3.28. The molecular weight excluding hydrogens is 196 g/mol. The molecule has 2 nitrogen and oxygen atoms in total. The number of nitrogens with zero attached hydrogens (tertiary/aromatic N) is 1. The van der Waals surface area contributed by atoms with Gasteiger partial charge in [-0.05, 0) is 50.5 Å². The minimum Gasteiger partial charge on any atom is -0.329 e. The van der Waals surface area contributed by atoms with E-state index < -0.39 is 0 Å². The quantitative estimate of drug-likeness (QED) is 0.777. The van der Waals surface area contributed by atoms with E-state index in [9.17, 15) is 0 Å². The van der Waals surface area contributed by atoms with E-state index in [4.69, 9.17) is 5.73 Å². The molecule has 0 aromatic carbocycles. The molecule has 0 spiro atoms. The van der Waals surface area contributed by atoms with Gasteiger partial charge in [0.15, 0.2) is 0 Å². The third kappa shape index (κ3) is 2.14. The summed E-state index contributed by atoms with van der Waals surface area (Å²) in [4.78, 5) is 2.58. The molecule has 2 aliphatic carbocycles. The van der Waals surface area contributed by atoms with Crippen molar-refractivity contribution >= 4 is 0 Å². The van der Waals surface area contributed by atoms with Gasteiger partial charge in [-0.15, -0.1) is 0 Å². The van der Waals surface area contributed by atoms with Crippen molar-refractivity contribution in [3.05, 3.63) is 0 Å². The topological polar surface area (TPSA) is 29.3 Å². The highest BCUT2D eigenvalue weighted by Crippen LogP contribution is 2.45. The van der Waals surface area contributed by atoms with E-state index in [1.807, 2.05) is 0 Å². The Morgan fingerprint density at radius 2 is 1.94 bits per heavy atom. The molecule has 0 atom stereocenters. The smallest absolute Gasteiger partial charge is 0.0334 e. The van der Waals surface area contributed by atoms with Crippen molar-refractivity contribution in [3.63, 3.8) is 0 Å². The Balaban J connectivity index is 1.85. The number of hydrogen-bond donors (Lipinski definition) is 1. The van der Waals surface area contributed by atoms with Gasteiger partial charge in [0, 0.05) is 18.6 Å². The van der Waals surface area contributed by atoms with Gasteiger partial charge in [0.1, 0.15) is 0 Å². The molecule has 0 aromatic heterocycles. The molecule has 0 saturated heterocycles. The van der Waals surface area contributed by atoms with Crippen molar-refractivity contribution < 1.29 is 0 Å². The molecule has 16 heavy (non-hydrogen) atoms. The van der Waals surface area contributed by atoms with Gasteiger partial charge in [-0.1, -0.05) is 20.3 Å². The number of rotatable bonds is 5. The van der Waals surface area contributed by atoms with Crippen LogP contribution in [0, 0.1) is 17.8 Å². The van der Waals surface area contributed by atoms with Crippen LogP contribution in [-0.4, -0.2) is 30.6 Å². The second-order valence-electron chi connectivity index (χ2n) is 6.52. The fraction of sp³-hybridized carbons (Fsp3) is 1.00. The standard InChI is InChI=1S/C14H28N2/c1-11(2)13-7-14(8-13,10-15)16(3)9-12-5-4-6-12/h11-13H,4-10,15H2,1-3H3. The van der Waals surface area contributed by atoms with Crippen LogP contribution in [0.5, 0.6) is 0 Å². The van der Waals surface area contributed by atoms with E-state index >= 15 is 0 Å². The molecule has 0 amide bonds. The zero-order valence-electron chi connectivity index (χ0n) is 11.2. The highest BCUT2D eigenvalue weighted by atomic mass is 15.2. The summed E-state index contributed by atoms with van der Waals surface area (Å²) in [5, 5.41) is 0. The van der Waals surface area contributed by atoms with E-state index in [0.29, 0.717) is 5.54 Å². The third-order valence-corrected chi connectivity index (χ3v) is 5.17. The first-order valence-electron chi connectivity index (χ1n) is 6.99. The predicted molar refractivity (Wildman–Crippen MR) is 69.3 cm³/mol. The monoisotopic (exact) mass is 224 g/mol. The molecule has 0 aliphatic heterocycles. The summed E-state index contributed by atoms with van der Waals surface area (Å²) in [6.45, 7) is 6.82. The molecule has 2 N–H and O–H groups in total. The molecule has 0 heterocycles. The summed E-state index contributed by atoms with van der Waals surface area (Å²) in [5.41, 5.74) is 6.38. The second kappa shape index (κ2) is 4.66. The van der Waals surface area contributed by atoms with Crippen LogP contribution < -0.4 is 5.73 Å². The average molecular weight is 224 g/mol. The van der Waals surface area contributed by atoms with Gasteiger partial charge in [-0.3, -0.25) is 4.90 Å². The van der Waals surface area contributed by atoms with Gasteiger partial charge in [0.2, 0.25) is 0 Å². The zero-order valence-corrected chi connectivity index (χ0v) is 11.2. The van der Waals surface area contributed by atoms with Crippen molar-refractivity contribution in [2.45, 2.75) is 51.5 Å². The Hall–Kier alpha value is -0.0800. The zero-order chi connectivity index (χ0) is 11.8. The normalized spacial score (nSPS) is 35.2. The predicted octanol–water partition coefficient (Wildman–Crippen LogP) is 2.48. The first kappa shape index (κ1) is 12.4. The molecular formula is C14H28N2. The molecule has 2 aliphatic rings. The summed E-state index contributed by atoms with van der Waals surface area (Å²) in [5.74, 6) is 2.70. The van der Waals surface area contributed by atoms with E-state index in [1.165, 1.54) is 38.6 Å². The largest absolute Gasteiger partial charge is 0.329 e. The Kier molecular flexibility index (Phi) is 3.60. The Morgan fingerprint density at radius 1 is 1.31 bits per heavy atom. The van der Waals surface area contributed by atoms with Gasteiger partial charge < -0.3 is 5.73 Å². The van der Waals surface area contributed by atoms with Gasteiger partial charge in [0.25, 0.3) is 0 Å². The maximum absolute atomic E-state index is 6.03. The Labute approximate surface area is 101 Å². The molecule has 0 bridgehead atoms. The van der Waals surface area contributed by atoms with Crippen LogP contribution in [0.2, 0.25) is 0 Å². The van der Waals surface area contributed by atoms with E-state index in [1.54, 1.807) is 0 Å². The van der Waals surface area contributed by atoms with Gasteiger partial charge in [0.05, 0.1) is 0 Å². The van der Waals surface area contributed by atoms with Crippen molar-refractivity contribution in [1.29, 1.82) is 0 Å². The molecule has 0 radical (unpaired) electrons. The summed E-state index contributed by atoms with van der Waals surface area (Å²) in [7, 11) is 2.29. The number of nitrogens with two attached hydrogens (primary N) is 1. The highest BCUT2D eigenvalue weighted by molar-refractivity contribution is 5.03. The summed E-state index contributed by atoms with van der Waals surface area (Å²) in [6, 6.07) is 0. The summed E-state index contributed by atoms with van der Waals surface area (Å²) < 4.78 is 0. The molecule has 2 heteroatoms. The highest BCUT2D eigenvalue weighted by Gasteiger charge is 2.47. The van der Waals surface area contributed by atoms with Crippen LogP contribution in [-0.2, 0) is 0 Å². The van der Waals surface area contributed by atoms with Crippen LogP contribution in [0.15, 0.2) is 0 Å². The lowest BCUT2D eigenvalue weighted by Gasteiger charge is -2.55. The molecule has 2 fully saturated rings. The molecule has 2 rings (SSSR count). The minimum atomic E-state index is 0.352. The number of likely N-dealkylation sites (N-methyl/N-ethyl adjacent to an activating group) is 1. The van der Waals surface area contributed by atoms with Crippen molar-refractivity contribution in [1.82, 2.24) is 4.90 Å². The minimum absolute atomic E-state index is 0.352. The van der Waals surface area contributed by atoms with Gasteiger partial charge in [-0.25, -0.2) is 0 Å². The van der Waals surface area contributed by atoms with E-state index in [-0.39, 0.29) is 0 Å². The Morgan fingerprint density at radius 3 is 2.31 bits per heavy atom. The van der Waals surface area contributed by atoms with Crippen LogP contribution in [0.25, 0.3) is 0 Å². The summed E-state index contributed by atoms with van der Waals surface area (Å²) >= 11 is 0. The average Bonchev–Trinajstić information content (AvgIpc) is 2.10. The van der Waals surface area contributed by atoms with Crippen LogP contribution >= 0.6 is 0 Å². The van der Waals surface area contributed by atoms with E-state index in [2.05, 4.69) is 25.8 Å². The summed E-state index contributed by atoms with van der Waals surface area (Å²) in [6.07, 6.45) is 6.98.